The van der Waals surface area contributed by atoms with E-state index in [2.05, 4.69) is 5.32 Å². The molecule has 6 nitrogen and oxygen atoms in total. The fourth-order valence-corrected chi connectivity index (χ4v) is 2.22. The summed E-state index contributed by atoms with van der Waals surface area (Å²) in [6, 6.07) is 9.41. The van der Waals surface area contributed by atoms with Crippen molar-refractivity contribution in [1.82, 2.24) is 4.57 Å². The number of nitrogens with one attached hydrogen (secondary N) is 1. The summed E-state index contributed by atoms with van der Waals surface area (Å²) in [6.07, 6.45) is 1.56. The highest BCUT2D eigenvalue weighted by molar-refractivity contribution is 6.31. The first-order chi connectivity index (χ1) is 11.0. The van der Waals surface area contributed by atoms with Gasteiger partial charge in [0.2, 0.25) is 5.91 Å². The van der Waals surface area contributed by atoms with E-state index in [0.717, 1.165) is 5.56 Å². The Kier molecular flexibility index (Phi) is 7.94. The lowest BCUT2D eigenvalue weighted by Crippen LogP contribution is -2.39. The summed E-state index contributed by atoms with van der Waals surface area (Å²) in [6.45, 7) is 0.428. The molecule has 0 spiro atoms. The molecular formula is C16H19Cl2N3O3. The van der Waals surface area contributed by atoms with Crippen molar-refractivity contribution in [2.45, 2.75) is 12.6 Å². The minimum Gasteiger partial charge on any atom is -0.383 e. The number of hydrogen-bond donors (Lipinski definition) is 2. The zero-order chi connectivity index (χ0) is 16.8. The molecule has 0 radical (unpaired) electrons. The van der Waals surface area contributed by atoms with Crippen LogP contribution in [0.15, 0.2) is 47.4 Å². The minimum absolute atomic E-state index is 0. The predicted octanol–water partition coefficient (Wildman–Crippen LogP) is 1.88. The first kappa shape index (κ1) is 20.2. The Morgan fingerprint density at radius 3 is 2.71 bits per heavy atom. The van der Waals surface area contributed by atoms with Gasteiger partial charge in [-0.2, -0.15) is 0 Å². The van der Waals surface area contributed by atoms with E-state index < -0.39 is 6.04 Å². The van der Waals surface area contributed by atoms with Crippen molar-refractivity contribution in [2.24, 2.45) is 5.73 Å². The van der Waals surface area contributed by atoms with Crippen LogP contribution in [-0.2, 0) is 16.1 Å². The number of carbonyl (C=O) groups is 1. The van der Waals surface area contributed by atoms with Crippen molar-refractivity contribution in [2.75, 3.05) is 19.0 Å². The number of hydrogen-bond acceptors (Lipinski definition) is 4. The smallest absolute Gasteiger partial charge is 0.250 e. The summed E-state index contributed by atoms with van der Waals surface area (Å²) in [4.78, 5) is 23.9. The van der Waals surface area contributed by atoms with E-state index in [1.165, 1.54) is 23.8 Å². The van der Waals surface area contributed by atoms with E-state index in [1.54, 1.807) is 12.3 Å². The minimum atomic E-state index is -0.774. The molecule has 130 valence electrons. The average molecular weight is 372 g/mol. The summed E-state index contributed by atoms with van der Waals surface area (Å²) in [7, 11) is 1.47. The SMILES string of the molecule is COCC(N)C(=O)Nc1ccc(=O)n(Cc2ccccc2Cl)c1.Cl. The molecule has 1 aromatic carbocycles. The maximum absolute atomic E-state index is 12.0. The Balaban J connectivity index is 0.00000288. The van der Waals surface area contributed by atoms with Crippen LogP contribution >= 0.6 is 24.0 Å². The van der Waals surface area contributed by atoms with Gasteiger partial charge in [0.25, 0.3) is 5.56 Å². The Morgan fingerprint density at radius 1 is 1.33 bits per heavy atom. The average Bonchev–Trinajstić information content (AvgIpc) is 2.53. The molecule has 0 fully saturated rings. The van der Waals surface area contributed by atoms with Gasteiger partial charge in [-0.05, 0) is 17.7 Å². The molecule has 0 aliphatic carbocycles. The van der Waals surface area contributed by atoms with Crippen molar-refractivity contribution in [1.29, 1.82) is 0 Å². The number of benzene rings is 1. The molecule has 0 saturated heterocycles. The zero-order valence-electron chi connectivity index (χ0n) is 13.1. The number of nitrogens with zero attached hydrogens (tertiary/aromatic N) is 1. The van der Waals surface area contributed by atoms with Crippen LogP contribution in [0.3, 0.4) is 0 Å². The number of pyridine rings is 1. The van der Waals surface area contributed by atoms with Gasteiger partial charge in [0.1, 0.15) is 6.04 Å². The van der Waals surface area contributed by atoms with E-state index in [4.69, 9.17) is 22.1 Å². The molecule has 1 unspecified atom stereocenters. The van der Waals surface area contributed by atoms with Crippen LogP contribution in [0.25, 0.3) is 0 Å². The normalized spacial score (nSPS) is 11.5. The van der Waals surface area contributed by atoms with E-state index in [-0.39, 0.29) is 30.5 Å². The quantitative estimate of drug-likeness (QED) is 0.811. The third-order valence-electron chi connectivity index (χ3n) is 3.23. The number of anilines is 1. The second-order valence-corrected chi connectivity index (χ2v) is 5.43. The van der Waals surface area contributed by atoms with Gasteiger partial charge in [-0.25, -0.2) is 0 Å². The van der Waals surface area contributed by atoms with Gasteiger partial charge in [-0.15, -0.1) is 12.4 Å². The zero-order valence-corrected chi connectivity index (χ0v) is 14.6. The van der Waals surface area contributed by atoms with E-state index in [0.29, 0.717) is 17.3 Å². The molecule has 0 saturated carbocycles. The number of carbonyl (C=O) groups excluding carboxylic acids is 1. The Hall–Kier alpha value is -1.86. The van der Waals surface area contributed by atoms with Crippen molar-refractivity contribution < 1.29 is 9.53 Å². The summed E-state index contributed by atoms with van der Waals surface area (Å²) >= 11 is 6.11. The maximum Gasteiger partial charge on any atom is 0.250 e. The van der Waals surface area contributed by atoms with Crippen molar-refractivity contribution in [3.05, 3.63) is 63.5 Å². The van der Waals surface area contributed by atoms with Crippen LogP contribution in [-0.4, -0.2) is 30.2 Å². The molecular weight excluding hydrogens is 353 g/mol. The first-order valence-electron chi connectivity index (χ1n) is 7.00. The molecule has 8 heteroatoms. The van der Waals surface area contributed by atoms with E-state index in [1.807, 2.05) is 18.2 Å². The lowest BCUT2D eigenvalue weighted by atomic mass is 10.2. The number of aromatic nitrogens is 1. The standard InChI is InChI=1S/C16H18ClN3O3.ClH/c1-23-10-14(18)16(22)19-12-6-7-15(21)20(9-12)8-11-4-2-3-5-13(11)17;/h2-7,9,14H,8,10,18H2,1H3,(H,19,22);1H. The van der Waals surface area contributed by atoms with Crippen LogP contribution in [0, 0.1) is 0 Å². The molecule has 1 heterocycles. The fraction of sp³-hybridized carbons (Fsp3) is 0.250. The first-order valence-corrected chi connectivity index (χ1v) is 7.38. The second-order valence-electron chi connectivity index (χ2n) is 5.03. The fourth-order valence-electron chi connectivity index (χ4n) is 2.03. The number of methoxy groups -OCH3 is 1. The van der Waals surface area contributed by atoms with Crippen LogP contribution in [0.2, 0.25) is 5.02 Å². The summed E-state index contributed by atoms with van der Waals surface area (Å²) in [5.74, 6) is -0.380. The maximum atomic E-state index is 12.0. The van der Waals surface area contributed by atoms with Gasteiger partial charge in [0.15, 0.2) is 0 Å². The Morgan fingerprint density at radius 2 is 2.04 bits per heavy atom. The molecule has 1 aromatic heterocycles. The van der Waals surface area contributed by atoms with Crippen LogP contribution in [0.5, 0.6) is 0 Å². The molecule has 0 aliphatic heterocycles. The molecule has 0 aliphatic rings. The second kappa shape index (κ2) is 9.44. The molecule has 3 N–H and O–H groups in total. The summed E-state index contributed by atoms with van der Waals surface area (Å²) in [5, 5.41) is 3.24. The van der Waals surface area contributed by atoms with Crippen LogP contribution in [0.4, 0.5) is 5.69 Å². The van der Waals surface area contributed by atoms with Gasteiger partial charge in [-0.3, -0.25) is 9.59 Å². The number of rotatable bonds is 6. The van der Waals surface area contributed by atoms with Gasteiger partial charge < -0.3 is 20.4 Å². The largest absolute Gasteiger partial charge is 0.383 e. The molecule has 2 aromatic rings. The number of amides is 1. The lowest BCUT2D eigenvalue weighted by Gasteiger charge is -2.13. The lowest BCUT2D eigenvalue weighted by molar-refractivity contribution is -0.118. The van der Waals surface area contributed by atoms with Crippen molar-refractivity contribution in [3.8, 4) is 0 Å². The highest BCUT2D eigenvalue weighted by atomic mass is 35.5. The van der Waals surface area contributed by atoms with Crippen molar-refractivity contribution >= 4 is 35.6 Å². The van der Waals surface area contributed by atoms with Gasteiger partial charge in [-0.1, -0.05) is 29.8 Å². The molecule has 1 amide bonds. The monoisotopic (exact) mass is 371 g/mol. The third-order valence-corrected chi connectivity index (χ3v) is 3.60. The van der Waals surface area contributed by atoms with Gasteiger partial charge in [0, 0.05) is 24.4 Å². The number of halogens is 2. The van der Waals surface area contributed by atoms with Crippen LogP contribution < -0.4 is 16.6 Å². The molecule has 0 bridgehead atoms. The Bertz CT molecular complexity index is 749. The number of nitrogens with two attached hydrogens (primary N) is 1. The Labute approximate surface area is 151 Å². The van der Waals surface area contributed by atoms with Gasteiger partial charge in [0.05, 0.1) is 18.8 Å². The van der Waals surface area contributed by atoms with E-state index in [9.17, 15) is 9.59 Å². The summed E-state index contributed by atoms with van der Waals surface area (Å²) in [5.41, 5.74) is 6.77. The summed E-state index contributed by atoms with van der Waals surface area (Å²) < 4.78 is 6.31. The highest BCUT2D eigenvalue weighted by Gasteiger charge is 2.13. The van der Waals surface area contributed by atoms with E-state index >= 15 is 0 Å². The van der Waals surface area contributed by atoms with Crippen LogP contribution in [0.1, 0.15) is 5.56 Å². The van der Waals surface area contributed by atoms with Gasteiger partial charge >= 0.3 is 0 Å². The predicted molar refractivity (Wildman–Crippen MR) is 97.0 cm³/mol. The molecule has 24 heavy (non-hydrogen) atoms. The highest BCUT2D eigenvalue weighted by Crippen LogP contribution is 2.16. The molecule has 1 atom stereocenters. The third kappa shape index (κ3) is 5.35. The molecule has 2 rings (SSSR count). The van der Waals surface area contributed by atoms with Crippen molar-refractivity contribution in [3.63, 3.8) is 0 Å². The number of ether oxygens (including phenoxy) is 1. The topological polar surface area (TPSA) is 86.3 Å².